The molecule has 1 aliphatic rings. The minimum atomic E-state index is -0.602. The summed E-state index contributed by atoms with van der Waals surface area (Å²) < 4.78 is 0. The molecule has 1 fully saturated rings. The van der Waals surface area contributed by atoms with E-state index >= 15 is 0 Å². The molecular weight excluding hydrogens is 405 g/mol. The summed E-state index contributed by atoms with van der Waals surface area (Å²) in [5, 5.41) is 12.1. The number of nitro benzene ring substituents is 1. The summed E-state index contributed by atoms with van der Waals surface area (Å²) in [6.07, 6.45) is 0.255. The summed E-state index contributed by atoms with van der Waals surface area (Å²) in [5.74, 6) is -0.498. The Hall–Kier alpha value is -2.64. The Morgan fingerprint density at radius 1 is 0.929 bits per heavy atom. The smallest absolute Gasteiger partial charge is 0.282 e. The normalized spacial score (nSPS) is 14.1. The highest BCUT2D eigenvalue weighted by molar-refractivity contribution is 6.31. The molecular formula is C19H17Cl2N3O4. The van der Waals surface area contributed by atoms with Crippen LogP contribution in [0.15, 0.2) is 42.5 Å². The predicted octanol–water partition coefficient (Wildman–Crippen LogP) is 3.43. The van der Waals surface area contributed by atoms with Crippen LogP contribution in [0.25, 0.3) is 0 Å². The fourth-order valence-corrected chi connectivity index (χ4v) is 3.35. The highest BCUT2D eigenvalue weighted by atomic mass is 35.5. The van der Waals surface area contributed by atoms with Gasteiger partial charge in [0.25, 0.3) is 11.6 Å². The van der Waals surface area contributed by atoms with Crippen molar-refractivity contribution in [3.05, 3.63) is 73.8 Å². The number of nitrogens with zero attached hydrogens (tertiary/aromatic N) is 3. The van der Waals surface area contributed by atoms with Crippen molar-refractivity contribution in [2.45, 2.75) is 6.42 Å². The van der Waals surface area contributed by atoms with Crippen LogP contribution in [0.2, 0.25) is 10.0 Å². The van der Waals surface area contributed by atoms with Crippen molar-refractivity contribution < 1.29 is 14.5 Å². The third-order valence-electron chi connectivity index (χ3n) is 4.57. The molecule has 2 aromatic carbocycles. The molecule has 9 heteroatoms. The van der Waals surface area contributed by atoms with Gasteiger partial charge in [-0.2, -0.15) is 0 Å². The van der Waals surface area contributed by atoms with Gasteiger partial charge in [0.2, 0.25) is 5.91 Å². The van der Waals surface area contributed by atoms with E-state index in [9.17, 15) is 19.7 Å². The molecule has 0 spiro atoms. The second kappa shape index (κ2) is 8.58. The fraction of sp³-hybridized carbons (Fsp3) is 0.263. The topological polar surface area (TPSA) is 83.8 Å². The Morgan fingerprint density at radius 3 is 2.11 bits per heavy atom. The second-order valence-corrected chi connectivity index (χ2v) is 7.27. The summed E-state index contributed by atoms with van der Waals surface area (Å²) >= 11 is 11.8. The van der Waals surface area contributed by atoms with Crippen LogP contribution in [-0.2, 0) is 11.2 Å². The molecule has 0 bridgehead atoms. The van der Waals surface area contributed by atoms with E-state index in [2.05, 4.69) is 0 Å². The van der Waals surface area contributed by atoms with Gasteiger partial charge in [-0.05, 0) is 29.8 Å². The number of hydrogen-bond acceptors (Lipinski definition) is 4. The molecule has 2 amide bonds. The average molecular weight is 422 g/mol. The molecule has 0 saturated carbocycles. The first-order chi connectivity index (χ1) is 13.3. The lowest BCUT2D eigenvalue weighted by Gasteiger charge is -2.34. The van der Waals surface area contributed by atoms with Gasteiger partial charge in [0.15, 0.2) is 0 Å². The minimum Gasteiger partial charge on any atom is -0.339 e. The summed E-state index contributed by atoms with van der Waals surface area (Å²) in [6.45, 7) is 1.34. The molecule has 1 saturated heterocycles. The van der Waals surface area contributed by atoms with E-state index in [1.165, 1.54) is 23.1 Å². The van der Waals surface area contributed by atoms with Crippen molar-refractivity contribution in [3.63, 3.8) is 0 Å². The molecule has 0 N–H and O–H groups in total. The summed E-state index contributed by atoms with van der Waals surface area (Å²) in [6, 6.07) is 11.0. The summed E-state index contributed by atoms with van der Waals surface area (Å²) in [5.41, 5.74) is 0.538. The Bertz CT molecular complexity index is 910. The molecule has 28 heavy (non-hydrogen) atoms. The molecule has 0 atom stereocenters. The SMILES string of the molecule is O=C(Cc1ccc(Cl)cc1)N1CCN(C(=O)c2cc(Cl)ccc2[N+](=O)[O-])CC1. The van der Waals surface area contributed by atoms with Gasteiger partial charge >= 0.3 is 0 Å². The fourth-order valence-electron chi connectivity index (χ4n) is 3.06. The molecule has 0 aromatic heterocycles. The zero-order valence-corrected chi connectivity index (χ0v) is 16.3. The highest BCUT2D eigenvalue weighted by Gasteiger charge is 2.29. The molecule has 0 radical (unpaired) electrons. The third kappa shape index (κ3) is 4.61. The van der Waals surface area contributed by atoms with Crippen LogP contribution >= 0.6 is 23.2 Å². The monoisotopic (exact) mass is 421 g/mol. The lowest BCUT2D eigenvalue weighted by molar-refractivity contribution is -0.385. The number of halogens is 2. The van der Waals surface area contributed by atoms with Gasteiger partial charge < -0.3 is 9.80 Å². The van der Waals surface area contributed by atoms with E-state index in [0.29, 0.717) is 31.2 Å². The molecule has 1 heterocycles. The van der Waals surface area contributed by atoms with Crippen molar-refractivity contribution in [2.24, 2.45) is 0 Å². The number of piperazine rings is 1. The van der Waals surface area contributed by atoms with Crippen molar-refractivity contribution in [3.8, 4) is 0 Å². The Balaban J connectivity index is 1.63. The number of rotatable bonds is 4. The van der Waals surface area contributed by atoms with Gasteiger partial charge in [-0.1, -0.05) is 35.3 Å². The number of carbonyl (C=O) groups is 2. The number of hydrogen-bond donors (Lipinski definition) is 0. The van der Waals surface area contributed by atoms with Gasteiger partial charge in [0.1, 0.15) is 5.56 Å². The van der Waals surface area contributed by atoms with Crippen LogP contribution in [0.1, 0.15) is 15.9 Å². The predicted molar refractivity (Wildman–Crippen MR) is 106 cm³/mol. The zero-order valence-electron chi connectivity index (χ0n) is 14.8. The maximum absolute atomic E-state index is 12.7. The average Bonchev–Trinajstić information content (AvgIpc) is 2.69. The molecule has 2 aromatic rings. The maximum atomic E-state index is 12.7. The van der Waals surface area contributed by atoms with Crippen molar-refractivity contribution >= 4 is 40.7 Å². The van der Waals surface area contributed by atoms with Crippen LogP contribution in [0.3, 0.4) is 0 Å². The molecule has 7 nitrogen and oxygen atoms in total. The minimum absolute atomic E-state index is 0.0387. The Morgan fingerprint density at radius 2 is 1.50 bits per heavy atom. The Kier molecular flexibility index (Phi) is 6.16. The van der Waals surface area contributed by atoms with E-state index in [1.807, 2.05) is 0 Å². The van der Waals surface area contributed by atoms with E-state index < -0.39 is 10.8 Å². The summed E-state index contributed by atoms with van der Waals surface area (Å²) in [4.78, 5) is 39.0. The number of benzene rings is 2. The largest absolute Gasteiger partial charge is 0.339 e. The molecule has 146 valence electrons. The maximum Gasteiger partial charge on any atom is 0.282 e. The summed E-state index contributed by atoms with van der Waals surface area (Å²) in [7, 11) is 0. The van der Waals surface area contributed by atoms with Crippen LogP contribution in [0, 0.1) is 10.1 Å². The van der Waals surface area contributed by atoms with Crippen molar-refractivity contribution in [1.29, 1.82) is 0 Å². The van der Waals surface area contributed by atoms with Gasteiger partial charge in [-0.3, -0.25) is 19.7 Å². The van der Waals surface area contributed by atoms with Crippen LogP contribution in [-0.4, -0.2) is 52.7 Å². The standard InChI is InChI=1S/C19H17Cl2N3O4/c20-14-3-1-13(2-4-14)11-18(25)22-7-9-23(10-8-22)19(26)16-12-15(21)5-6-17(16)24(27)28/h1-6,12H,7-11H2. The molecule has 0 aliphatic carbocycles. The highest BCUT2D eigenvalue weighted by Crippen LogP contribution is 2.24. The number of carbonyl (C=O) groups excluding carboxylic acids is 2. The molecule has 3 rings (SSSR count). The first kappa shape index (κ1) is 20.1. The van der Waals surface area contributed by atoms with Gasteiger partial charge in [0.05, 0.1) is 11.3 Å². The van der Waals surface area contributed by atoms with E-state index in [4.69, 9.17) is 23.2 Å². The van der Waals surface area contributed by atoms with E-state index in [1.54, 1.807) is 29.2 Å². The number of nitro groups is 1. The quantitative estimate of drug-likeness (QED) is 0.558. The zero-order chi connectivity index (χ0) is 20.3. The molecule has 0 unspecified atom stereocenters. The lowest BCUT2D eigenvalue weighted by atomic mass is 10.1. The lowest BCUT2D eigenvalue weighted by Crippen LogP contribution is -2.51. The van der Waals surface area contributed by atoms with Crippen molar-refractivity contribution in [2.75, 3.05) is 26.2 Å². The van der Waals surface area contributed by atoms with Crippen LogP contribution in [0.4, 0.5) is 5.69 Å². The first-order valence-electron chi connectivity index (χ1n) is 8.60. The van der Waals surface area contributed by atoms with Crippen molar-refractivity contribution in [1.82, 2.24) is 9.80 Å². The second-order valence-electron chi connectivity index (χ2n) is 6.39. The van der Waals surface area contributed by atoms with Crippen LogP contribution < -0.4 is 0 Å². The van der Waals surface area contributed by atoms with E-state index in [-0.39, 0.29) is 28.6 Å². The molecule has 1 aliphatic heterocycles. The Labute approximate surface area is 171 Å². The number of amides is 2. The third-order valence-corrected chi connectivity index (χ3v) is 5.06. The van der Waals surface area contributed by atoms with Gasteiger partial charge in [-0.15, -0.1) is 0 Å². The van der Waals surface area contributed by atoms with E-state index in [0.717, 1.165) is 5.56 Å². The first-order valence-corrected chi connectivity index (χ1v) is 9.36. The van der Waals surface area contributed by atoms with Gasteiger partial charge in [-0.25, -0.2) is 0 Å². The van der Waals surface area contributed by atoms with Crippen LogP contribution in [0.5, 0.6) is 0 Å². The van der Waals surface area contributed by atoms with Gasteiger partial charge in [0, 0.05) is 42.3 Å².